The van der Waals surface area contributed by atoms with Gasteiger partial charge >= 0.3 is 12.2 Å². The van der Waals surface area contributed by atoms with Gasteiger partial charge in [0.2, 0.25) is 11.8 Å². The Morgan fingerprint density at radius 1 is 0.741 bits per heavy atom. The lowest BCUT2D eigenvalue weighted by Gasteiger charge is -2.31. The molecule has 6 rings (SSSR count). The van der Waals surface area contributed by atoms with Crippen molar-refractivity contribution >= 4 is 46.6 Å². The standard InChI is InChI=1S/C42H52N6O6/c1-25(2)38(45-41(51)53-5)40(50)47-20-8-11-37(47)36-22-32(24-44-36)30-18-14-28(15-19-30)27-12-16-29(17-13-27)31-21-35(43-23-31)33-9-7-10-34(33)39(49)48(26(3)4)46-42(52)54-6/h12-19,23-26,33-34,37-38H,7-11,20-22H2,1-6H3,(H,45,51)(H,46,52)/t33?,34?,37-,38-/m0/s1. The van der Waals surface area contributed by atoms with Gasteiger partial charge in [-0.3, -0.25) is 19.6 Å². The van der Waals surface area contributed by atoms with Gasteiger partial charge in [0.05, 0.1) is 20.3 Å². The highest BCUT2D eigenvalue weighted by molar-refractivity contribution is 6.04. The number of aliphatic imine (C=N–C) groups is 2. The van der Waals surface area contributed by atoms with Crippen molar-refractivity contribution in [2.75, 3.05) is 20.8 Å². The molecule has 0 aromatic heterocycles. The predicted molar refractivity (Wildman–Crippen MR) is 209 cm³/mol. The van der Waals surface area contributed by atoms with Crippen LogP contribution in [-0.4, -0.2) is 84.2 Å². The lowest BCUT2D eigenvalue weighted by atomic mass is 9.87. The molecule has 2 aromatic rings. The number of nitrogens with one attached hydrogen (secondary N) is 2. The van der Waals surface area contributed by atoms with E-state index in [1.54, 1.807) is 0 Å². The van der Waals surface area contributed by atoms with Crippen molar-refractivity contribution in [1.29, 1.82) is 0 Å². The third-order valence-corrected chi connectivity index (χ3v) is 11.1. The van der Waals surface area contributed by atoms with E-state index in [1.165, 1.54) is 19.2 Å². The van der Waals surface area contributed by atoms with Crippen LogP contribution in [0.4, 0.5) is 9.59 Å². The first-order valence-electron chi connectivity index (χ1n) is 19.0. The Hall–Kier alpha value is -5.26. The third-order valence-electron chi connectivity index (χ3n) is 11.1. The van der Waals surface area contributed by atoms with Gasteiger partial charge in [-0.05, 0) is 78.8 Å². The van der Waals surface area contributed by atoms with Crippen molar-refractivity contribution in [3.63, 3.8) is 0 Å². The number of alkyl carbamates (subject to hydrolysis) is 1. The van der Waals surface area contributed by atoms with E-state index < -0.39 is 18.2 Å². The van der Waals surface area contributed by atoms with Crippen LogP contribution in [0.25, 0.3) is 22.3 Å². The number of ether oxygens (including phenoxy) is 2. The molecule has 3 heterocycles. The average Bonchev–Trinajstić information content (AvgIpc) is 4.02. The van der Waals surface area contributed by atoms with Gasteiger partial charge in [-0.2, -0.15) is 0 Å². The fourth-order valence-corrected chi connectivity index (χ4v) is 8.10. The summed E-state index contributed by atoms with van der Waals surface area (Å²) < 4.78 is 9.51. The van der Waals surface area contributed by atoms with Crippen molar-refractivity contribution in [2.45, 2.75) is 90.8 Å². The zero-order valence-electron chi connectivity index (χ0n) is 32.1. The van der Waals surface area contributed by atoms with Crippen molar-refractivity contribution in [1.82, 2.24) is 20.7 Å². The highest BCUT2D eigenvalue weighted by atomic mass is 16.5. The Kier molecular flexibility index (Phi) is 12.0. The summed E-state index contributed by atoms with van der Waals surface area (Å²) in [5.41, 5.74) is 11.3. The van der Waals surface area contributed by atoms with E-state index in [1.807, 2.05) is 45.0 Å². The topological polar surface area (TPSA) is 142 Å². The lowest BCUT2D eigenvalue weighted by Crippen LogP contribution is -2.53. The Morgan fingerprint density at radius 2 is 1.30 bits per heavy atom. The van der Waals surface area contributed by atoms with Gasteiger partial charge in [0.1, 0.15) is 6.04 Å². The van der Waals surface area contributed by atoms with Crippen LogP contribution in [0.5, 0.6) is 0 Å². The first-order chi connectivity index (χ1) is 26.0. The van der Waals surface area contributed by atoms with Gasteiger partial charge in [0, 0.05) is 61.1 Å². The number of hydrogen-bond acceptors (Lipinski definition) is 8. The van der Waals surface area contributed by atoms with Crippen LogP contribution < -0.4 is 10.7 Å². The smallest absolute Gasteiger partial charge is 0.425 e. The average molecular weight is 737 g/mol. The molecular formula is C42H52N6O6. The minimum atomic E-state index is -0.655. The summed E-state index contributed by atoms with van der Waals surface area (Å²) >= 11 is 0. The highest BCUT2D eigenvalue weighted by Gasteiger charge is 2.41. The Labute approximate surface area is 317 Å². The van der Waals surface area contributed by atoms with Gasteiger partial charge in [0.25, 0.3) is 0 Å². The molecule has 4 atom stereocenters. The van der Waals surface area contributed by atoms with Gasteiger partial charge in [-0.1, -0.05) is 68.8 Å². The second-order valence-electron chi connectivity index (χ2n) is 15.2. The molecule has 2 N–H and O–H groups in total. The van der Waals surface area contributed by atoms with Crippen LogP contribution in [-0.2, 0) is 19.1 Å². The zero-order valence-corrected chi connectivity index (χ0v) is 32.1. The molecule has 12 nitrogen and oxygen atoms in total. The maximum Gasteiger partial charge on any atom is 0.425 e. The Balaban J connectivity index is 1.04. The molecule has 1 saturated carbocycles. The molecular weight excluding hydrogens is 684 g/mol. The molecule has 2 fully saturated rings. The molecule has 1 aliphatic carbocycles. The molecule has 3 aliphatic heterocycles. The summed E-state index contributed by atoms with van der Waals surface area (Å²) in [6.07, 6.45) is 8.30. The van der Waals surface area contributed by atoms with Crippen LogP contribution in [0.15, 0.2) is 70.9 Å². The van der Waals surface area contributed by atoms with E-state index in [4.69, 9.17) is 19.5 Å². The summed E-state index contributed by atoms with van der Waals surface area (Å²) in [6.45, 7) is 8.21. The number of allylic oxidation sites excluding steroid dienone is 2. The number of carbonyl (C=O) groups excluding carboxylic acids is 4. The summed E-state index contributed by atoms with van der Waals surface area (Å²) in [4.78, 5) is 62.4. The van der Waals surface area contributed by atoms with Crippen LogP contribution in [0, 0.1) is 17.8 Å². The number of hydrazine groups is 1. The van der Waals surface area contributed by atoms with Gasteiger partial charge in [-0.25, -0.2) is 20.0 Å². The fourth-order valence-electron chi connectivity index (χ4n) is 8.10. The summed E-state index contributed by atoms with van der Waals surface area (Å²) in [6, 6.07) is 16.1. The number of benzene rings is 2. The third kappa shape index (κ3) is 8.27. The van der Waals surface area contributed by atoms with Crippen LogP contribution in [0.1, 0.15) is 83.8 Å². The van der Waals surface area contributed by atoms with Crippen LogP contribution >= 0.6 is 0 Å². The van der Waals surface area contributed by atoms with Crippen LogP contribution in [0.3, 0.4) is 0 Å². The number of likely N-dealkylation sites (tertiary alicyclic amines) is 1. The number of methoxy groups -OCH3 is 2. The van der Waals surface area contributed by atoms with E-state index in [-0.39, 0.29) is 41.7 Å². The molecule has 0 radical (unpaired) electrons. The summed E-state index contributed by atoms with van der Waals surface area (Å²) in [5.74, 6) is -0.474. The van der Waals surface area contributed by atoms with E-state index in [9.17, 15) is 19.2 Å². The molecule has 4 amide bonds. The highest BCUT2D eigenvalue weighted by Crippen LogP contribution is 2.39. The van der Waals surface area contributed by atoms with Crippen molar-refractivity contribution in [2.24, 2.45) is 27.7 Å². The number of carbonyl (C=O) groups is 4. The normalized spacial score (nSPS) is 21.3. The van der Waals surface area contributed by atoms with Gasteiger partial charge < -0.3 is 19.7 Å². The first-order valence-corrected chi connectivity index (χ1v) is 19.0. The SMILES string of the molecule is COC(=O)N[C@H](C(=O)N1CCC[C@H]1C1=NC=C(c2ccc(-c3ccc(C4=CN=C(C5CCCC5C(=O)N(NC(=O)OC)C(C)C)C4)cc3)cc2)C1)C(C)C. The minimum absolute atomic E-state index is 0.0355. The Bertz CT molecular complexity index is 1730. The minimum Gasteiger partial charge on any atom is -0.453 e. The molecule has 286 valence electrons. The fraction of sp³-hybridized carbons (Fsp3) is 0.476. The Morgan fingerprint density at radius 3 is 1.85 bits per heavy atom. The first kappa shape index (κ1) is 38.5. The molecule has 54 heavy (non-hydrogen) atoms. The van der Waals surface area contributed by atoms with Crippen molar-refractivity contribution in [3.05, 3.63) is 72.1 Å². The summed E-state index contributed by atoms with van der Waals surface area (Å²) in [5, 5.41) is 4.11. The predicted octanol–water partition coefficient (Wildman–Crippen LogP) is 7.02. The van der Waals surface area contributed by atoms with E-state index in [0.29, 0.717) is 19.4 Å². The van der Waals surface area contributed by atoms with Crippen molar-refractivity contribution < 1.29 is 28.7 Å². The number of nitrogens with zero attached hydrogens (tertiary/aromatic N) is 4. The van der Waals surface area contributed by atoms with Gasteiger partial charge in [-0.15, -0.1) is 0 Å². The zero-order chi connectivity index (χ0) is 38.5. The van der Waals surface area contributed by atoms with E-state index in [0.717, 1.165) is 76.9 Å². The molecule has 2 aromatic carbocycles. The molecule has 0 spiro atoms. The lowest BCUT2D eigenvalue weighted by molar-refractivity contribution is -0.141. The van der Waals surface area contributed by atoms with Crippen molar-refractivity contribution in [3.8, 4) is 11.1 Å². The van der Waals surface area contributed by atoms with E-state index >= 15 is 0 Å². The molecule has 0 bridgehead atoms. The largest absolute Gasteiger partial charge is 0.453 e. The number of amides is 4. The monoisotopic (exact) mass is 736 g/mol. The quantitative estimate of drug-likeness (QED) is 0.251. The molecule has 2 unspecified atom stereocenters. The summed E-state index contributed by atoms with van der Waals surface area (Å²) in [7, 11) is 2.59. The molecule has 4 aliphatic rings. The number of rotatable bonds is 10. The second kappa shape index (κ2) is 16.8. The van der Waals surface area contributed by atoms with E-state index in [2.05, 4.69) is 59.3 Å². The second-order valence-corrected chi connectivity index (χ2v) is 15.2. The maximum absolute atomic E-state index is 13.6. The molecule has 1 saturated heterocycles. The van der Waals surface area contributed by atoms with Crippen LogP contribution in [0.2, 0.25) is 0 Å². The number of hydrogen-bond donors (Lipinski definition) is 2. The molecule has 12 heteroatoms. The van der Waals surface area contributed by atoms with Gasteiger partial charge in [0.15, 0.2) is 0 Å². The maximum atomic E-state index is 13.6.